The van der Waals surface area contributed by atoms with Gasteiger partial charge in [-0.15, -0.1) is 4.48 Å². The maximum absolute atomic E-state index is 13.2. The van der Waals surface area contributed by atoms with Crippen LogP contribution in [0.25, 0.3) is 0 Å². The summed E-state index contributed by atoms with van der Waals surface area (Å²) in [5.74, 6) is -0.991. The Bertz CT molecular complexity index is 715. The number of imide groups is 2. The molecular formula is C17H19N2O5+. The van der Waals surface area contributed by atoms with Gasteiger partial charge in [-0.3, -0.25) is 4.79 Å². The molecule has 2 heterocycles. The first-order valence-electron chi connectivity index (χ1n) is 7.79. The zero-order chi connectivity index (χ0) is 17.3. The minimum Gasteiger partial charge on any atom is -0.394 e. The highest BCUT2D eigenvalue weighted by Gasteiger charge is 2.56. The largest absolute Gasteiger partial charge is 0.438 e. The fraction of sp³-hybridized carbons (Fsp3) is 0.353. The van der Waals surface area contributed by atoms with Crippen LogP contribution in [-0.2, 0) is 9.53 Å². The van der Waals surface area contributed by atoms with E-state index in [4.69, 9.17) is 4.74 Å². The Labute approximate surface area is 139 Å². The van der Waals surface area contributed by atoms with Crippen LogP contribution >= 0.6 is 0 Å². The molecule has 1 unspecified atom stereocenters. The average molecular weight is 331 g/mol. The van der Waals surface area contributed by atoms with E-state index in [0.717, 1.165) is 0 Å². The number of nitrogens with zero attached hydrogens (tertiary/aromatic N) is 1. The predicted octanol–water partition coefficient (Wildman–Crippen LogP) is 1.29. The lowest BCUT2D eigenvalue weighted by atomic mass is 10.1. The fourth-order valence-corrected chi connectivity index (χ4v) is 3.12. The first-order chi connectivity index (χ1) is 11.5. The van der Waals surface area contributed by atoms with E-state index in [1.807, 2.05) is 0 Å². The second-order valence-corrected chi connectivity index (χ2v) is 5.99. The molecule has 4 amide bonds. The first-order valence-corrected chi connectivity index (χ1v) is 7.79. The highest BCUT2D eigenvalue weighted by molar-refractivity contribution is 6.08. The number of aliphatic hydroxyl groups excluding tert-OH is 1. The number of quaternary nitrogens is 1. The molecule has 1 aromatic carbocycles. The third-order valence-corrected chi connectivity index (χ3v) is 4.41. The molecule has 3 rings (SSSR count). The van der Waals surface area contributed by atoms with Gasteiger partial charge in [0.2, 0.25) is 6.23 Å². The van der Waals surface area contributed by atoms with Gasteiger partial charge >= 0.3 is 11.9 Å². The smallest absolute Gasteiger partial charge is 0.394 e. The van der Waals surface area contributed by atoms with Gasteiger partial charge < -0.3 is 9.84 Å². The second-order valence-electron chi connectivity index (χ2n) is 5.99. The third kappa shape index (κ3) is 2.56. The van der Waals surface area contributed by atoms with Crippen molar-refractivity contribution < 1.29 is 28.7 Å². The molecule has 24 heavy (non-hydrogen) atoms. The number of benzene rings is 1. The van der Waals surface area contributed by atoms with Crippen LogP contribution in [-0.4, -0.2) is 46.4 Å². The van der Waals surface area contributed by atoms with Crippen LogP contribution in [0.15, 0.2) is 42.1 Å². The van der Waals surface area contributed by atoms with Crippen LogP contribution in [0.1, 0.15) is 30.1 Å². The summed E-state index contributed by atoms with van der Waals surface area (Å²) in [7, 11) is 0. The molecule has 7 heteroatoms. The molecular weight excluding hydrogens is 312 g/mol. The maximum Gasteiger partial charge on any atom is 0.438 e. The van der Waals surface area contributed by atoms with Crippen molar-refractivity contribution in [3.8, 4) is 0 Å². The minimum atomic E-state index is -0.780. The standard InChI is InChI=1S/C17H18N2O5/c1-11-9-19(17(23)18-15(11)21,14-8-7-13(10-20)24-14)16(22)12-5-3-2-4-6-12/h2-6,9,13-14,20H,7-8,10H2,1H3/p+1/t13-,14+,19?/m0/s1. The van der Waals surface area contributed by atoms with Crippen molar-refractivity contribution in [2.45, 2.75) is 32.1 Å². The van der Waals surface area contributed by atoms with Crippen molar-refractivity contribution >= 4 is 17.8 Å². The van der Waals surface area contributed by atoms with E-state index < -0.39 is 34.7 Å². The Morgan fingerprint density at radius 1 is 1.29 bits per heavy atom. The number of ether oxygens (including phenoxy) is 1. The Morgan fingerprint density at radius 2 is 2.00 bits per heavy atom. The van der Waals surface area contributed by atoms with Gasteiger partial charge in [0.05, 0.1) is 23.8 Å². The van der Waals surface area contributed by atoms with Crippen molar-refractivity contribution in [2.75, 3.05) is 6.61 Å². The van der Waals surface area contributed by atoms with E-state index in [1.165, 1.54) is 6.20 Å². The Hall–Kier alpha value is -2.35. The van der Waals surface area contributed by atoms with Gasteiger partial charge in [-0.05, 0) is 25.5 Å². The lowest BCUT2D eigenvalue weighted by Crippen LogP contribution is -2.66. The summed E-state index contributed by atoms with van der Waals surface area (Å²) in [4.78, 5) is 37.7. The quantitative estimate of drug-likeness (QED) is 0.814. The van der Waals surface area contributed by atoms with Crippen molar-refractivity contribution in [2.24, 2.45) is 0 Å². The first kappa shape index (κ1) is 16.5. The van der Waals surface area contributed by atoms with Gasteiger partial charge in [-0.2, -0.15) is 0 Å². The second kappa shape index (κ2) is 6.27. The number of aliphatic hydroxyl groups is 1. The molecule has 1 fully saturated rings. The number of hydrogen-bond donors (Lipinski definition) is 2. The molecule has 7 nitrogen and oxygen atoms in total. The molecule has 1 aromatic rings. The number of carbonyl (C=O) groups excluding carboxylic acids is 3. The van der Waals surface area contributed by atoms with Crippen molar-refractivity contribution in [1.82, 2.24) is 5.32 Å². The molecule has 2 aliphatic heterocycles. The summed E-state index contributed by atoms with van der Waals surface area (Å²) in [5, 5.41) is 11.5. The summed E-state index contributed by atoms with van der Waals surface area (Å²) < 4.78 is 4.98. The summed E-state index contributed by atoms with van der Waals surface area (Å²) in [5.41, 5.74) is 0.622. The number of urea groups is 1. The SMILES string of the molecule is CC1=C[N+](C(=O)c2ccccc2)([C@H]2CC[C@@H](CO)O2)C(=O)NC1=O. The zero-order valence-electron chi connectivity index (χ0n) is 13.3. The van der Waals surface area contributed by atoms with Gasteiger partial charge in [0.15, 0.2) is 0 Å². The molecule has 2 N–H and O–H groups in total. The third-order valence-electron chi connectivity index (χ3n) is 4.41. The van der Waals surface area contributed by atoms with Crippen LogP contribution in [0.4, 0.5) is 4.79 Å². The van der Waals surface area contributed by atoms with E-state index in [0.29, 0.717) is 18.4 Å². The number of nitrogens with one attached hydrogen (secondary N) is 1. The van der Waals surface area contributed by atoms with E-state index in [1.54, 1.807) is 37.3 Å². The van der Waals surface area contributed by atoms with Crippen molar-refractivity contribution in [3.05, 3.63) is 47.7 Å². The van der Waals surface area contributed by atoms with E-state index in [9.17, 15) is 19.5 Å². The van der Waals surface area contributed by atoms with Crippen LogP contribution < -0.4 is 5.32 Å². The highest BCUT2D eigenvalue weighted by atomic mass is 16.5. The van der Waals surface area contributed by atoms with Gasteiger partial charge in [0, 0.05) is 6.42 Å². The predicted molar refractivity (Wildman–Crippen MR) is 83.3 cm³/mol. The lowest BCUT2D eigenvalue weighted by Gasteiger charge is -2.36. The summed E-state index contributed by atoms with van der Waals surface area (Å²) in [6.45, 7) is 1.37. The molecule has 0 saturated carbocycles. The van der Waals surface area contributed by atoms with Crippen molar-refractivity contribution in [1.29, 1.82) is 0 Å². The van der Waals surface area contributed by atoms with Gasteiger partial charge in [-0.25, -0.2) is 14.9 Å². The molecule has 0 aliphatic carbocycles. The number of rotatable bonds is 3. The van der Waals surface area contributed by atoms with Gasteiger partial charge in [0.1, 0.15) is 6.20 Å². The van der Waals surface area contributed by atoms with Gasteiger partial charge in [0.25, 0.3) is 5.91 Å². The van der Waals surface area contributed by atoms with Crippen molar-refractivity contribution in [3.63, 3.8) is 0 Å². The topological polar surface area (TPSA) is 92.7 Å². The van der Waals surface area contributed by atoms with E-state index in [-0.39, 0.29) is 12.2 Å². The highest BCUT2D eigenvalue weighted by Crippen LogP contribution is 2.34. The maximum atomic E-state index is 13.2. The number of carbonyl (C=O) groups is 3. The van der Waals surface area contributed by atoms with E-state index in [2.05, 4.69) is 5.32 Å². The summed E-state index contributed by atoms with van der Waals surface area (Å²) in [6, 6.07) is 7.69. The minimum absolute atomic E-state index is 0.181. The number of hydrogen-bond acceptors (Lipinski definition) is 5. The molecule has 3 atom stereocenters. The fourth-order valence-electron chi connectivity index (χ4n) is 3.12. The molecule has 0 bridgehead atoms. The molecule has 1 saturated heterocycles. The summed E-state index contributed by atoms with van der Waals surface area (Å²) >= 11 is 0. The van der Waals surface area contributed by atoms with Crippen LogP contribution in [0, 0.1) is 0 Å². The summed E-state index contributed by atoms with van der Waals surface area (Å²) in [6.07, 6.45) is 1.12. The average Bonchev–Trinajstić information content (AvgIpc) is 3.08. The molecule has 0 aromatic heterocycles. The monoisotopic (exact) mass is 331 g/mol. The van der Waals surface area contributed by atoms with Crippen LogP contribution in [0.3, 0.4) is 0 Å². The number of amides is 4. The van der Waals surface area contributed by atoms with E-state index >= 15 is 0 Å². The molecule has 126 valence electrons. The Kier molecular flexibility index (Phi) is 4.31. The molecule has 0 radical (unpaired) electrons. The Morgan fingerprint density at radius 3 is 2.62 bits per heavy atom. The van der Waals surface area contributed by atoms with Gasteiger partial charge in [-0.1, -0.05) is 18.2 Å². The van der Waals surface area contributed by atoms with Crippen LogP contribution in [0.2, 0.25) is 0 Å². The van der Waals surface area contributed by atoms with Crippen LogP contribution in [0.5, 0.6) is 0 Å². The Balaban J connectivity index is 2.10. The zero-order valence-corrected chi connectivity index (χ0v) is 13.3. The molecule has 2 aliphatic rings. The molecule has 0 spiro atoms. The normalized spacial score (nSPS) is 30.0. The lowest BCUT2D eigenvalue weighted by molar-refractivity contribution is -0.773.